The van der Waals surface area contributed by atoms with Crippen molar-refractivity contribution in [1.29, 1.82) is 0 Å². The molecule has 0 unspecified atom stereocenters. The number of fused-ring (bicyclic) bond motifs is 1. The summed E-state index contributed by atoms with van der Waals surface area (Å²) >= 11 is 6.01. The zero-order valence-corrected chi connectivity index (χ0v) is 19.3. The lowest BCUT2D eigenvalue weighted by Gasteiger charge is -2.13. The van der Waals surface area contributed by atoms with Crippen molar-refractivity contribution in [3.63, 3.8) is 0 Å². The number of aromatic carboxylic acids is 1. The van der Waals surface area contributed by atoms with E-state index in [2.05, 4.69) is 10.1 Å². The number of carboxylic acids is 1. The largest absolute Gasteiger partial charge is 0.478 e. The highest BCUT2D eigenvalue weighted by Gasteiger charge is 2.38. The van der Waals surface area contributed by atoms with Crippen LogP contribution in [-0.2, 0) is 6.18 Å². The lowest BCUT2D eigenvalue weighted by Crippen LogP contribution is -2.20. The molecule has 0 aliphatic heterocycles. The minimum atomic E-state index is -4.92. The standard InChI is InChI=1S/C25H14ClF4N3O4/c26-16-3-1-2-15(25(28,29)30)19(16)23(35)33-18-9-13(22(34)11-4-5-11)10-31-21(18)20(32-33)14-7-6-12(24(36)37)8-17(14)27/h1-3,6-11H,4-5H2,(H,36,37). The first kappa shape index (κ1) is 24.6. The number of aromatic nitrogens is 3. The van der Waals surface area contributed by atoms with Crippen LogP contribution in [0.3, 0.4) is 0 Å². The van der Waals surface area contributed by atoms with Gasteiger partial charge in [0.15, 0.2) is 5.78 Å². The number of carbonyl (C=O) groups is 3. The summed E-state index contributed by atoms with van der Waals surface area (Å²) in [5.74, 6) is -4.12. The van der Waals surface area contributed by atoms with Crippen LogP contribution >= 0.6 is 11.6 Å². The van der Waals surface area contributed by atoms with Gasteiger partial charge in [-0.1, -0.05) is 17.7 Å². The summed E-state index contributed by atoms with van der Waals surface area (Å²) in [6.45, 7) is 0. The number of benzene rings is 2. The zero-order chi connectivity index (χ0) is 26.6. The van der Waals surface area contributed by atoms with Crippen molar-refractivity contribution in [3.05, 3.63) is 81.8 Å². The Balaban J connectivity index is 1.76. The van der Waals surface area contributed by atoms with Gasteiger partial charge in [0.1, 0.15) is 17.0 Å². The summed E-state index contributed by atoms with van der Waals surface area (Å²) in [6.07, 6.45) is -2.35. The molecule has 0 saturated heterocycles. The van der Waals surface area contributed by atoms with E-state index in [1.54, 1.807) is 0 Å². The highest BCUT2D eigenvalue weighted by Crippen LogP contribution is 2.38. The van der Waals surface area contributed by atoms with Gasteiger partial charge in [-0.15, -0.1) is 0 Å². The van der Waals surface area contributed by atoms with Crippen LogP contribution in [0.4, 0.5) is 17.6 Å². The van der Waals surface area contributed by atoms with Gasteiger partial charge in [-0.25, -0.2) is 9.18 Å². The summed E-state index contributed by atoms with van der Waals surface area (Å²) in [5, 5.41) is 12.7. The number of carbonyl (C=O) groups excluding carboxylic acids is 2. The molecule has 37 heavy (non-hydrogen) atoms. The second kappa shape index (κ2) is 8.77. The molecule has 1 aliphatic rings. The van der Waals surface area contributed by atoms with Crippen LogP contribution in [0, 0.1) is 11.7 Å². The van der Waals surface area contributed by atoms with E-state index in [9.17, 15) is 31.9 Å². The molecule has 0 radical (unpaired) electrons. The van der Waals surface area contributed by atoms with Crippen molar-refractivity contribution in [2.24, 2.45) is 5.92 Å². The summed E-state index contributed by atoms with van der Waals surface area (Å²) in [6, 6.07) is 7.07. The first-order valence-electron chi connectivity index (χ1n) is 10.8. The number of hydrogen-bond acceptors (Lipinski definition) is 5. The Morgan fingerprint density at radius 2 is 1.78 bits per heavy atom. The van der Waals surface area contributed by atoms with E-state index in [4.69, 9.17) is 16.7 Å². The number of rotatable bonds is 5. The highest BCUT2D eigenvalue weighted by molar-refractivity contribution is 6.34. The van der Waals surface area contributed by atoms with Crippen LogP contribution in [0.15, 0.2) is 48.7 Å². The summed E-state index contributed by atoms with van der Waals surface area (Å²) in [5.41, 5.74) is -3.11. The van der Waals surface area contributed by atoms with Crippen molar-refractivity contribution in [2.75, 3.05) is 0 Å². The molecule has 12 heteroatoms. The molecular formula is C25H14ClF4N3O4. The fourth-order valence-electron chi connectivity index (χ4n) is 3.97. The average molecular weight is 532 g/mol. The molecule has 1 fully saturated rings. The van der Waals surface area contributed by atoms with Gasteiger partial charge in [0.25, 0.3) is 5.91 Å². The molecule has 7 nitrogen and oxygen atoms in total. The third-order valence-corrected chi connectivity index (χ3v) is 6.26. The Kier molecular flexibility index (Phi) is 5.82. The zero-order valence-electron chi connectivity index (χ0n) is 18.5. The van der Waals surface area contributed by atoms with Gasteiger partial charge < -0.3 is 5.11 Å². The minimum Gasteiger partial charge on any atom is -0.478 e. The molecule has 0 amide bonds. The van der Waals surface area contributed by atoms with E-state index in [0.717, 1.165) is 30.3 Å². The monoisotopic (exact) mass is 531 g/mol. The topological polar surface area (TPSA) is 102 Å². The van der Waals surface area contributed by atoms with Crippen LogP contribution in [-0.4, -0.2) is 37.5 Å². The molecule has 188 valence electrons. The first-order chi connectivity index (χ1) is 17.5. The minimum absolute atomic E-state index is 0.0803. The number of alkyl halides is 3. The van der Waals surface area contributed by atoms with Gasteiger partial charge in [0.2, 0.25) is 0 Å². The molecule has 0 spiro atoms. The van der Waals surface area contributed by atoms with Gasteiger partial charge >= 0.3 is 12.1 Å². The van der Waals surface area contributed by atoms with Crippen LogP contribution in [0.25, 0.3) is 22.3 Å². The molecule has 0 atom stereocenters. The van der Waals surface area contributed by atoms with Crippen molar-refractivity contribution >= 4 is 40.3 Å². The summed E-state index contributed by atoms with van der Waals surface area (Å²) in [4.78, 5) is 41.5. The fourth-order valence-corrected chi connectivity index (χ4v) is 4.23. The molecule has 1 aliphatic carbocycles. The third kappa shape index (κ3) is 4.35. The Morgan fingerprint density at radius 3 is 2.41 bits per heavy atom. The lowest BCUT2D eigenvalue weighted by molar-refractivity contribution is -0.137. The van der Waals surface area contributed by atoms with Crippen molar-refractivity contribution < 1.29 is 37.1 Å². The predicted molar refractivity (Wildman–Crippen MR) is 123 cm³/mol. The van der Waals surface area contributed by atoms with Gasteiger partial charge in [-0.05, 0) is 49.2 Å². The smallest absolute Gasteiger partial charge is 0.417 e. The molecule has 5 rings (SSSR count). The van der Waals surface area contributed by atoms with Crippen molar-refractivity contribution in [3.8, 4) is 11.3 Å². The van der Waals surface area contributed by atoms with Crippen LogP contribution in [0.2, 0.25) is 5.02 Å². The fraction of sp³-hybridized carbons (Fsp3) is 0.160. The predicted octanol–water partition coefficient (Wildman–Crippen LogP) is 5.89. The van der Waals surface area contributed by atoms with Gasteiger partial charge in [0, 0.05) is 23.2 Å². The number of pyridine rings is 1. The quantitative estimate of drug-likeness (QED) is 0.254. The lowest BCUT2D eigenvalue weighted by atomic mass is 10.0. The van der Waals surface area contributed by atoms with Crippen LogP contribution in [0.5, 0.6) is 0 Å². The maximum absolute atomic E-state index is 14.9. The number of hydrogen-bond donors (Lipinski definition) is 1. The molecule has 1 saturated carbocycles. The average Bonchev–Trinajstić information content (AvgIpc) is 3.63. The Hall–Kier alpha value is -4.12. The van der Waals surface area contributed by atoms with Crippen molar-refractivity contribution in [2.45, 2.75) is 19.0 Å². The maximum atomic E-state index is 14.9. The number of Topliss-reactive ketones (excluding diaryl/α,β-unsaturated/α-hetero) is 1. The van der Waals surface area contributed by atoms with Crippen LogP contribution in [0.1, 0.15) is 49.5 Å². The normalized spacial score (nSPS) is 13.6. The number of ketones is 1. The van der Waals surface area contributed by atoms with E-state index in [1.807, 2.05) is 0 Å². The van der Waals surface area contributed by atoms with Crippen LogP contribution < -0.4 is 0 Å². The summed E-state index contributed by atoms with van der Waals surface area (Å²) in [7, 11) is 0. The number of carboxylic acid groups (broad SMARTS) is 1. The van der Waals surface area contributed by atoms with Gasteiger partial charge in [-0.3, -0.25) is 14.6 Å². The van der Waals surface area contributed by atoms with E-state index in [-0.39, 0.29) is 45.1 Å². The van der Waals surface area contributed by atoms with Gasteiger partial charge in [-0.2, -0.15) is 23.0 Å². The molecule has 2 aromatic carbocycles. The first-order valence-corrected chi connectivity index (χ1v) is 11.2. The van der Waals surface area contributed by atoms with Crippen molar-refractivity contribution in [1.82, 2.24) is 14.8 Å². The third-order valence-electron chi connectivity index (χ3n) is 5.95. The Labute approximate surface area is 210 Å². The van der Waals surface area contributed by atoms with E-state index in [1.165, 1.54) is 12.3 Å². The molecule has 4 aromatic rings. The second-order valence-electron chi connectivity index (χ2n) is 8.46. The van der Waals surface area contributed by atoms with E-state index < -0.39 is 40.0 Å². The summed E-state index contributed by atoms with van der Waals surface area (Å²) < 4.78 is 56.7. The molecule has 0 bridgehead atoms. The molecule has 2 aromatic heterocycles. The van der Waals surface area contributed by atoms with E-state index in [0.29, 0.717) is 23.6 Å². The number of halogens is 5. The molecular weight excluding hydrogens is 518 g/mol. The second-order valence-corrected chi connectivity index (χ2v) is 8.86. The highest BCUT2D eigenvalue weighted by atomic mass is 35.5. The Morgan fingerprint density at radius 1 is 1.05 bits per heavy atom. The molecule has 2 heterocycles. The van der Waals surface area contributed by atoms with Gasteiger partial charge in [0.05, 0.1) is 27.2 Å². The maximum Gasteiger partial charge on any atom is 0.417 e. The Bertz CT molecular complexity index is 1630. The van der Waals surface area contributed by atoms with E-state index >= 15 is 0 Å². The molecule has 1 N–H and O–H groups in total. The number of nitrogens with zero attached hydrogens (tertiary/aromatic N) is 3. The SMILES string of the molecule is O=C(O)c1ccc(-c2nn(C(=O)c3c(Cl)cccc3C(F)(F)F)c3cc(C(=O)C4CC4)cnc23)c(F)c1.